The predicted molar refractivity (Wildman–Crippen MR) is 43.9 cm³/mol. The van der Waals surface area contributed by atoms with Gasteiger partial charge >= 0.3 is 72.3 Å². The Morgan fingerprint density at radius 3 is 2.30 bits per heavy atom. The first-order valence-corrected chi connectivity index (χ1v) is 5.65. The first-order chi connectivity index (χ1) is 4.62. The number of rotatable bonds is 5. The third-order valence-electron chi connectivity index (χ3n) is 1.50. The van der Waals surface area contributed by atoms with E-state index in [0.717, 1.165) is 19.3 Å². The van der Waals surface area contributed by atoms with Crippen molar-refractivity contribution in [3.05, 3.63) is 0 Å². The molecule has 2 nitrogen and oxygen atoms in total. The Labute approximate surface area is 72.5 Å². The van der Waals surface area contributed by atoms with Crippen molar-refractivity contribution in [2.45, 2.75) is 26.2 Å². The second kappa shape index (κ2) is 5.23. The van der Waals surface area contributed by atoms with Crippen LogP contribution < -0.4 is 0 Å². The van der Waals surface area contributed by atoms with Crippen LogP contribution in [0, 0.1) is 0 Å². The summed E-state index contributed by atoms with van der Waals surface area (Å²) in [6, 6.07) is 0. The summed E-state index contributed by atoms with van der Waals surface area (Å²) >= 11 is 1.70. The maximum absolute atomic E-state index is 10.9. The first kappa shape index (κ1) is 10.5. The molecule has 0 spiro atoms. The second-order valence-electron chi connectivity index (χ2n) is 2.44. The third kappa shape index (κ3) is 5.34. The van der Waals surface area contributed by atoms with Gasteiger partial charge in [0.15, 0.2) is 0 Å². The van der Waals surface area contributed by atoms with Crippen LogP contribution in [0.2, 0.25) is 0 Å². The summed E-state index contributed by atoms with van der Waals surface area (Å²) in [4.78, 5) is 0. The van der Waals surface area contributed by atoms with Crippen molar-refractivity contribution in [3.8, 4) is 0 Å². The van der Waals surface area contributed by atoms with Gasteiger partial charge in [0.05, 0.1) is 0 Å². The molecule has 0 fully saturated rings. The molecule has 0 heterocycles. The van der Waals surface area contributed by atoms with E-state index in [1.165, 1.54) is 0 Å². The van der Waals surface area contributed by atoms with Gasteiger partial charge in [0.1, 0.15) is 0 Å². The number of hydrogen-bond donors (Lipinski definition) is 0. The zero-order valence-corrected chi connectivity index (χ0v) is 7.58. The number of unbranched alkanes of at least 4 members (excludes halogenated alkanes) is 2. The fourth-order valence-electron chi connectivity index (χ4n) is 0.716. The van der Waals surface area contributed by atoms with E-state index in [1.54, 1.807) is 17.7 Å². The minimum absolute atomic E-state index is 0.288. The van der Waals surface area contributed by atoms with Crippen molar-refractivity contribution in [2.75, 3.05) is 10.2 Å². The molecule has 0 aromatic rings. The molecule has 0 aliphatic rings. The zero-order valence-electron chi connectivity index (χ0n) is 6.76. The van der Waals surface area contributed by atoms with E-state index in [2.05, 4.69) is 6.92 Å². The molecule has 0 bridgehead atoms. The van der Waals surface area contributed by atoms with Gasteiger partial charge in [-0.25, -0.2) is 0 Å². The molecule has 0 aromatic heterocycles. The van der Waals surface area contributed by atoms with E-state index in [9.17, 15) is 8.42 Å². The predicted octanol–water partition coefficient (Wildman–Crippen LogP) is 0.717. The molecule has 0 unspecified atom stereocenters. The van der Waals surface area contributed by atoms with Gasteiger partial charge in [0.25, 0.3) is 0 Å². The normalized spacial score (nSPS) is 11.9. The molecule has 0 aliphatic heterocycles. The summed E-state index contributed by atoms with van der Waals surface area (Å²) in [5.74, 6) is 0.372. The van der Waals surface area contributed by atoms with E-state index in [4.69, 9.17) is 0 Å². The molecule has 0 amide bonds. The average molecular weight is 156 g/mol. The molecule has 0 N–H and O–H groups in total. The summed E-state index contributed by atoms with van der Waals surface area (Å²) in [5, 5.41) is 0. The third-order valence-corrected chi connectivity index (χ3v) is 3.29. The Morgan fingerprint density at radius 1 is 1.30 bits per heavy atom. The molecule has 0 rings (SSSR count). The molecule has 0 aliphatic carbocycles. The van der Waals surface area contributed by atoms with Crippen LogP contribution in [0.1, 0.15) is 26.2 Å². The van der Waals surface area contributed by atoms with Crippen molar-refractivity contribution in [3.63, 3.8) is 0 Å². The van der Waals surface area contributed by atoms with Crippen molar-refractivity contribution >= 4 is 27.6 Å². The maximum atomic E-state index is 10.9. The molecular formula is C6H13LiO2S. The number of sulfone groups is 1. The Hall–Kier alpha value is 0.547. The summed E-state index contributed by atoms with van der Waals surface area (Å²) in [5.41, 5.74) is 0. The zero-order chi connectivity index (χ0) is 8.04. The topological polar surface area (TPSA) is 34.1 Å². The molecule has 0 saturated carbocycles. The summed E-state index contributed by atoms with van der Waals surface area (Å²) in [6.07, 6.45) is 2.94. The first-order valence-electron chi connectivity index (χ1n) is 3.82. The average Bonchev–Trinajstić information content (AvgIpc) is 1.89. The SMILES string of the molecule is [Li][CH2]S(=O)(=O)CCCCC. The van der Waals surface area contributed by atoms with E-state index in [-0.39, 0.29) is 4.43 Å². The minimum atomic E-state index is -2.69. The van der Waals surface area contributed by atoms with Gasteiger partial charge < -0.3 is 0 Å². The van der Waals surface area contributed by atoms with Gasteiger partial charge in [0.2, 0.25) is 0 Å². The van der Waals surface area contributed by atoms with Crippen LogP contribution in [-0.2, 0) is 9.84 Å². The molecule has 0 aromatic carbocycles. The van der Waals surface area contributed by atoms with E-state index in [0.29, 0.717) is 5.75 Å². The summed E-state index contributed by atoms with van der Waals surface area (Å²) < 4.78 is 22.0. The van der Waals surface area contributed by atoms with Crippen molar-refractivity contribution < 1.29 is 8.42 Å². The molecule has 0 atom stereocenters. The van der Waals surface area contributed by atoms with Gasteiger partial charge in [-0.2, -0.15) is 0 Å². The van der Waals surface area contributed by atoms with E-state index >= 15 is 0 Å². The van der Waals surface area contributed by atoms with Gasteiger partial charge in [0, 0.05) is 0 Å². The molecule has 4 heteroatoms. The van der Waals surface area contributed by atoms with Crippen molar-refractivity contribution in [2.24, 2.45) is 0 Å². The molecular weight excluding hydrogens is 143 g/mol. The van der Waals surface area contributed by atoms with Gasteiger partial charge in [-0.3, -0.25) is 0 Å². The fraction of sp³-hybridized carbons (Fsp3) is 1.00. The van der Waals surface area contributed by atoms with Crippen LogP contribution in [0.5, 0.6) is 0 Å². The van der Waals surface area contributed by atoms with Gasteiger partial charge in [-0.05, 0) is 0 Å². The standard InChI is InChI=1S/C6H13O2S.Li/c1-3-4-5-6-9(2,7)8;/h2-6H2,1H3;. The quantitative estimate of drug-likeness (QED) is 0.434. The van der Waals surface area contributed by atoms with Crippen molar-refractivity contribution in [1.29, 1.82) is 0 Å². The van der Waals surface area contributed by atoms with Gasteiger partial charge in [-0.1, -0.05) is 0 Å². The Balaban J connectivity index is 3.49. The van der Waals surface area contributed by atoms with Crippen LogP contribution >= 0.6 is 0 Å². The fourth-order valence-corrected chi connectivity index (χ4v) is 1.65. The summed E-state index contributed by atoms with van der Waals surface area (Å²) in [7, 11) is -2.69. The van der Waals surface area contributed by atoms with Crippen LogP contribution in [0.15, 0.2) is 0 Å². The molecule has 0 saturated heterocycles. The van der Waals surface area contributed by atoms with E-state index in [1.807, 2.05) is 0 Å². The van der Waals surface area contributed by atoms with E-state index < -0.39 is 9.84 Å². The monoisotopic (exact) mass is 156 g/mol. The second-order valence-corrected chi connectivity index (χ2v) is 4.92. The van der Waals surface area contributed by atoms with Crippen LogP contribution in [-0.4, -0.2) is 36.3 Å². The Bertz CT molecular complexity index is 163. The molecule has 10 heavy (non-hydrogen) atoms. The Morgan fingerprint density at radius 2 is 1.90 bits per heavy atom. The van der Waals surface area contributed by atoms with Crippen molar-refractivity contribution in [1.82, 2.24) is 0 Å². The Kier molecular flexibility index (Phi) is 5.52. The molecule has 56 valence electrons. The van der Waals surface area contributed by atoms with Gasteiger partial charge in [-0.15, -0.1) is 0 Å². The van der Waals surface area contributed by atoms with Crippen LogP contribution in [0.3, 0.4) is 0 Å². The van der Waals surface area contributed by atoms with Crippen LogP contribution in [0.25, 0.3) is 0 Å². The summed E-state index contributed by atoms with van der Waals surface area (Å²) in [6.45, 7) is 2.07. The molecule has 0 radical (unpaired) electrons. The van der Waals surface area contributed by atoms with Crippen LogP contribution in [0.4, 0.5) is 0 Å². The number of hydrogen-bond acceptors (Lipinski definition) is 2.